The SMILES string of the molecule is CC[Si](CC)(CC)Oc1c2c(c(O)c3cccnc13)C(=O)N(CCc1ccc(F)cc1)C2=O. The van der Waals surface area contributed by atoms with E-state index in [1.54, 1.807) is 30.5 Å². The number of aromatic hydroxyl groups is 1. The minimum Gasteiger partial charge on any atom is -0.541 e. The molecule has 8 heteroatoms. The standard InChI is InChI=1S/C25H27FN2O4Si/c1-4-33(5-2,6-3)32-23-20-19(22(29)18-8-7-14-27-21(18)23)24(30)28(25(20)31)15-13-16-9-11-17(26)12-10-16/h7-12,14,29H,4-6,13,15H2,1-3H3. The summed E-state index contributed by atoms with van der Waals surface area (Å²) in [5, 5.41) is 11.3. The van der Waals surface area contributed by atoms with Gasteiger partial charge in [0.2, 0.25) is 0 Å². The largest absolute Gasteiger partial charge is 0.541 e. The molecular formula is C25H27FN2O4Si. The average Bonchev–Trinajstić information content (AvgIpc) is 3.09. The van der Waals surface area contributed by atoms with Crippen molar-refractivity contribution in [3.8, 4) is 11.5 Å². The highest BCUT2D eigenvalue weighted by atomic mass is 28.4. The van der Waals surface area contributed by atoms with Gasteiger partial charge in [-0.05, 0) is 54.4 Å². The predicted octanol–water partition coefficient (Wildman–Crippen LogP) is 5.30. The summed E-state index contributed by atoms with van der Waals surface area (Å²) in [5.74, 6) is -1.35. The third-order valence-corrected chi connectivity index (χ3v) is 11.2. The van der Waals surface area contributed by atoms with Gasteiger partial charge in [-0.25, -0.2) is 4.39 Å². The summed E-state index contributed by atoms with van der Waals surface area (Å²) < 4.78 is 19.8. The zero-order valence-corrected chi connectivity index (χ0v) is 20.0. The molecule has 0 radical (unpaired) electrons. The molecule has 0 saturated carbocycles. The molecule has 172 valence electrons. The van der Waals surface area contributed by atoms with Crippen LogP contribution in [0.3, 0.4) is 0 Å². The van der Waals surface area contributed by atoms with Crippen LogP contribution in [0.5, 0.6) is 11.5 Å². The van der Waals surface area contributed by atoms with E-state index in [-0.39, 0.29) is 29.2 Å². The number of benzene rings is 2. The Hall–Kier alpha value is -3.26. The van der Waals surface area contributed by atoms with E-state index in [1.807, 2.05) is 0 Å². The molecule has 0 aliphatic carbocycles. The monoisotopic (exact) mass is 466 g/mol. The first kappa shape index (κ1) is 22.9. The van der Waals surface area contributed by atoms with Crippen molar-refractivity contribution in [2.45, 2.75) is 45.3 Å². The van der Waals surface area contributed by atoms with Crippen LogP contribution in [0, 0.1) is 5.82 Å². The Morgan fingerprint density at radius 2 is 1.64 bits per heavy atom. The van der Waals surface area contributed by atoms with Crippen molar-refractivity contribution < 1.29 is 23.5 Å². The number of carbonyl (C=O) groups is 2. The Bertz CT molecular complexity index is 1220. The number of hydrogen-bond acceptors (Lipinski definition) is 5. The highest BCUT2D eigenvalue weighted by Gasteiger charge is 2.44. The van der Waals surface area contributed by atoms with Gasteiger partial charge in [0, 0.05) is 18.1 Å². The summed E-state index contributed by atoms with van der Waals surface area (Å²) in [7, 11) is -2.23. The molecule has 1 N–H and O–H groups in total. The van der Waals surface area contributed by atoms with Gasteiger partial charge < -0.3 is 9.53 Å². The fraction of sp³-hybridized carbons (Fsp3) is 0.320. The molecule has 2 aromatic carbocycles. The molecule has 0 spiro atoms. The quantitative estimate of drug-likeness (QED) is 0.360. The maximum Gasteiger partial charge on any atom is 0.265 e. The molecule has 1 aliphatic rings. The molecule has 0 unspecified atom stereocenters. The number of carbonyl (C=O) groups excluding carboxylic acids is 2. The van der Waals surface area contributed by atoms with Crippen molar-refractivity contribution in [3.63, 3.8) is 0 Å². The second-order valence-electron chi connectivity index (χ2n) is 8.31. The van der Waals surface area contributed by atoms with Crippen molar-refractivity contribution >= 4 is 31.0 Å². The number of imide groups is 1. The van der Waals surface area contributed by atoms with Crippen molar-refractivity contribution in [1.82, 2.24) is 9.88 Å². The number of nitrogens with zero attached hydrogens (tertiary/aromatic N) is 2. The Balaban J connectivity index is 1.80. The van der Waals surface area contributed by atoms with Crippen LogP contribution in [-0.2, 0) is 6.42 Å². The number of fused-ring (bicyclic) bond motifs is 2. The maximum absolute atomic E-state index is 13.5. The second-order valence-corrected chi connectivity index (χ2v) is 13.0. The van der Waals surface area contributed by atoms with Gasteiger partial charge in [-0.1, -0.05) is 32.9 Å². The van der Waals surface area contributed by atoms with Crippen molar-refractivity contribution in [3.05, 3.63) is 65.1 Å². The number of hydrogen-bond donors (Lipinski definition) is 1. The van der Waals surface area contributed by atoms with Gasteiger partial charge >= 0.3 is 0 Å². The zero-order valence-electron chi connectivity index (χ0n) is 19.0. The van der Waals surface area contributed by atoms with Crippen molar-refractivity contribution in [1.29, 1.82) is 0 Å². The number of phenols is 1. The summed E-state index contributed by atoms with van der Waals surface area (Å²) in [5.41, 5.74) is 1.26. The summed E-state index contributed by atoms with van der Waals surface area (Å²) in [4.78, 5) is 32.3. The first-order valence-electron chi connectivity index (χ1n) is 11.3. The van der Waals surface area contributed by atoms with Gasteiger partial charge in [0.25, 0.3) is 20.1 Å². The third-order valence-electron chi connectivity index (χ3n) is 6.70. The van der Waals surface area contributed by atoms with E-state index >= 15 is 0 Å². The van der Waals surface area contributed by atoms with Crippen LogP contribution < -0.4 is 4.43 Å². The molecular weight excluding hydrogens is 439 g/mol. The number of rotatable bonds is 8. The maximum atomic E-state index is 13.5. The predicted molar refractivity (Wildman–Crippen MR) is 127 cm³/mol. The lowest BCUT2D eigenvalue weighted by atomic mass is 10.0. The average molecular weight is 467 g/mol. The van der Waals surface area contributed by atoms with Crippen LogP contribution >= 0.6 is 0 Å². The minimum absolute atomic E-state index is 0.0270. The van der Waals surface area contributed by atoms with E-state index in [4.69, 9.17) is 4.43 Å². The Labute approximate surface area is 193 Å². The highest BCUT2D eigenvalue weighted by molar-refractivity contribution is 6.74. The van der Waals surface area contributed by atoms with E-state index in [2.05, 4.69) is 25.8 Å². The fourth-order valence-electron chi connectivity index (χ4n) is 4.41. The van der Waals surface area contributed by atoms with Crippen LogP contribution in [0.15, 0.2) is 42.6 Å². The molecule has 2 heterocycles. The van der Waals surface area contributed by atoms with E-state index in [1.165, 1.54) is 12.1 Å². The van der Waals surface area contributed by atoms with E-state index in [0.717, 1.165) is 28.6 Å². The van der Waals surface area contributed by atoms with Gasteiger partial charge in [-0.15, -0.1) is 0 Å². The molecule has 4 rings (SSSR count). The Morgan fingerprint density at radius 3 is 2.27 bits per heavy atom. The zero-order chi connectivity index (χ0) is 23.8. The fourth-order valence-corrected chi connectivity index (χ4v) is 6.98. The number of halogens is 1. The van der Waals surface area contributed by atoms with Crippen LogP contribution in [0.4, 0.5) is 4.39 Å². The number of phenolic OH excluding ortho intramolecular Hbond substituents is 1. The van der Waals surface area contributed by atoms with E-state index in [9.17, 15) is 19.1 Å². The molecule has 0 fully saturated rings. The molecule has 1 aromatic heterocycles. The summed E-state index contributed by atoms with van der Waals surface area (Å²) in [6.45, 7) is 6.35. The smallest absolute Gasteiger partial charge is 0.265 e. The topological polar surface area (TPSA) is 79.7 Å². The highest BCUT2D eigenvalue weighted by Crippen LogP contribution is 2.45. The number of pyridine rings is 1. The second kappa shape index (κ2) is 8.94. The third kappa shape index (κ3) is 3.88. The van der Waals surface area contributed by atoms with Crippen LogP contribution in [0.1, 0.15) is 47.1 Å². The molecule has 33 heavy (non-hydrogen) atoms. The van der Waals surface area contributed by atoms with Gasteiger partial charge in [0.15, 0.2) is 0 Å². The molecule has 6 nitrogen and oxygen atoms in total. The van der Waals surface area contributed by atoms with Crippen LogP contribution in [0.25, 0.3) is 10.9 Å². The molecule has 0 atom stereocenters. The first-order valence-corrected chi connectivity index (χ1v) is 13.8. The van der Waals surface area contributed by atoms with Crippen LogP contribution in [-0.4, -0.2) is 41.7 Å². The summed E-state index contributed by atoms with van der Waals surface area (Å²) in [6.07, 6.45) is 1.96. The lowest BCUT2D eigenvalue weighted by Gasteiger charge is -2.30. The van der Waals surface area contributed by atoms with Gasteiger partial charge in [0.1, 0.15) is 22.8 Å². The van der Waals surface area contributed by atoms with E-state index < -0.39 is 20.1 Å². The molecule has 0 saturated heterocycles. The lowest BCUT2D eigenvalue weighted by molar-refractivity contribution is 0.0655. The van der Waals surface area contributed by atoms with Gasteiger partial charge in [-0.2, -0.15) is 0 Å². The summed E-state index contributed by atoms with van der Waals surface area (Å²) in [6, 6.07) is 11.8. The minimum atomic E-state index is -2.23. The summed E-state index contributed by atoms with van der Waals surface area (Å²) >= 11 is 0. The molecule has 1 aliphatic heterocycles. The Kier molecular flexibility index (Phi) is 6.21. The van der Waals surface area contributed by atoms with Gasteiger partial charge in [-0.3, -0.25) is 19.5 Å². The Morgan fingerprint density at radius 1 is 1.00 bits per heavy atom. The van der Waals surface area contributed by atoms with Crippen molar-refractivity contribution in [2.75, 3.05) is 6.54 Å². The van der Waals surface area contributed by atoms with Crippen molar-refractivity contribution in [2.24, 2.45) is 0 Å². The van der Waals surface area contributed by atoms with E-state index in [0.29, 0.717) is 23.1 Å². The normalized spacial score (nSPS) is 13.6. The number of aromatic nitrogens is 1. The molecule has 0 bridgehead atoms. The lowest BCUT2D eigenvalue weighted by Crippen LogP contribution is -2.40. The van der Waals surface area contributed by atoms with Gasteiger partial charge in [0.05, 0.1) is 11.1 Å². The number of amides is 2. The molecule has 2 amide bonds. The molecule has 3 aromatic rings. The first-order chi connectivity index (χ1) is 15.9. The van der Waals surface area contributed by atoms with Crippen LogP contribution in [0.2, 0.25) is 18.1 Å².